The van der Waals surface area contributed by atoms with E-state index in [4.69, 9.17) is 9.84 Å². The van der Waals surface area contributed by atoms with E-state index in [0.29, 0.717) is 12.0 Å². The summed E-state index contributed by atoms with van der Waals surface area (Å²) in [5, 5.41) is 12.2. The molecule has 19 heavy (non-hydrogen) atoms. The van der Waals surface area contributed by atoms with Gasteiger partial charge in [-0.25, -0.2) is 4.79 Å². The van der Waals surface area contributed by atoms with Gasteiger partial charge in [0.15, 0.2) is 0 Å². The minimum atomic E-state index is -0.941. The Labute approximate surface area is 113 Å². The molecule has 0 radical (unpaired) electrons. The molecule has 1 saturated carbocycles. The second-order valence-electron chi connectivity index (χ2n) is 5.19. The molecule has 1 aromatic heterocycles. The van der Waals surface area contributed by atoms with Gasteiger partial charge in [0.05, 0.1) is 11.3 Å². The lowest BCUT2D eigenvalue weighted by Crippen LogP contribution is -2.25. The van der Waals surface area contributed by atoms with Gasteiger partial charge in [-0.15, -0.1) is 0 Å². The van der Waals surface area contributed by atoms with Crippen LogP contribution in [0.5, 0.6) is 0 Å². The zero-order valence-corrected chi connectivity index (χ0v) is 11.2. The molecule has 5 heteroatoms. The van der Waals surface area contributed by atoms with Crippen LogP contribution in [0.3, 0.4) is 0 Å². The molecule has 0 unspecified atom stereocenters. The standard InChI is InChI=1S/C14H20N2O3/c1-19-7-6-14(4-5-14)10-15-9-12-3-2-11(8-16-12)13(17)18/h2-3,8,15H,4-7,9-10H2,1H3,(H,17,18). The summed E-state index contributed by atoms with van der Waals surface area (Å²) in [4.78, 5) is 14.8. The number of carboxylic acid groups (broad SMARTS) is 1. The Hall–Kier alpha value is -1.46. The van der Waals surface area contributed by atoms with Crippen molar-refractivity contribution in [1.82, 2.24) is 10.3 Å². The average molecular weight is 264 g/mol. The summed E-state index contributed by atoms with van der Waals surface area (Å²) in [5.41, 5.74) is 1.51. The third kappa shape index (κ3) is 4.01. The molecule has 0 bridgehead atoms. The summed E-state index contributed by atoms with van der Waals surface area (Å²) in [6.45, 7) is 2.46. The molecule has 0 spiro atoms. The third-order valence-corrected chi connectivity index (χ3v) is 3.67. The highest BCUT2D eigenvalue weighted by molar-refractivity contribution is 5.87. The van der Waals surface area contributed by atoms with E-state index in [1.54, 1.807) is 19.2 Å². The van der Waals surface area contributed by atoms with Gasteiger partial charge in [-0.05, 0) is 36.8 Å². The number of aromatic nitrogens is 1. The smallest absolute Gasteiger partial charge is 0.337 e. The van der Waals surface area contributed by atoms with E-state index < -0.39 is 5.97 Å². The Morgan fingerprint density at radius 2 is 2.32 bits per heavy atom. The molecular formula is C14H20N2O3. The highest BCUT2D eigenvalue weighted by Gasteiger charge is 2.41. The maximum atomic E-state index is 10.7. The first-order valence-corrected chi connectivity index (χ1v) is 6.53. The van der Waals surface area contributed by atoms with Gasteiger partial charge < -0.3 is 15.2 Å². The lowest BCUT2D eigenvalue weighted by Gasteiger charge is -2.15. The fourth-order valence-corrected chi connectivity index (χ4v) is 2.12. The molecule has 0 aliphatic heterocycles. The van der Waals surface area contributed by atoms with Crippen LogP contribution in [0.15, 0.2) is 18.3 Å². The Morgan fingerprint density at radius 3 is 2.84 bits per heavy atom. The molecule has 104 valence electrons. The van der Waals surface area contributed by atoms with Gasteiger partial charge in [0.2, 0.25) is 0 Å². The Morgan fingerprint density at radius 1 is 1.53 bits per heavy atom. The summed E-state index contributed by atoms with van der Waals surface area (Å²) in [6, 6.07) is 3.34. The Kier molecular flexibility index (Phi) is 4.50. The third-order valence-electron chi connectivity index (χ3n) is 3.67. The maximum absolute atomic E-state index is 10.7. The number of hydrogen-bond acceptors (Lipinski definition) is 4. The van der Waals surface area contributed by atoms with E-state index >= 15 is 0 Å². The van der Waals surface area contributed by atoms with Crippen LogP contribution in [-0.4, -0.2) is 36.3 Å². The first-order valence-electron chi connectivity index (χ1n) is 6.53. The molecule has 0 saturated heterocycles. The second kappa shape index (κ2) is 6.12. The molecule has 1 aliphatic carbocycles. The van der Waals surface area contributed by atoms with Crippen molar-refractivity contribution in [2.24, 2.45) is 5.41 Å². The molecular weight excluding hydrogens is 244 g/mol. The number of nitrogens with one attached hydrogen (secondary N) is 1. The largest absolute Gasteiger partial charge is 0.478 e. The van der Waals surface area contributed by atoms with Gasteiger partial charge in [-0.1, -0.05) is 0 Å². The SMILES string of the molecule is COCCC1(CNCc2ccc(C(=O)O)cn2)CC1. The van der Waals surface area contributed by atoms with Crippen molar-refractivity contribution in [1.29, 1.82) is 0 Å². The van der Waals surface area contributed by atoms with E-state index in [0.717, 1.165) is 25.3 Å². The predicted molar refractivity (Wildman–Crippen MR) is 71.1 cm³/mol. The fraction of sp³-hybridized carbons (Fsp3) is 0.571. The van der Waals surface area contributed by atoms with E-state index in [1.165, 1.54) is 19.0 Å². The summed E-state index contributed by atoms with van der Waals surface area (Å²) in [6.07, 6.45) is 5.02. The predicted octanol–water partition coefficient (Wildman–Crippen LogP) is 1.69. The van der Waals surface area contributed by atoms with Gasteiger partial charge in [-0.2, -0.15) is 0 Å². The monoisotopic (exact) mass is 264 g/mol. The lowest BCUT2D eigenvalue weighted by molar-refractivity contribution is 0.0696. The molecule has 0 atom stereocenters. The van der Waals surface area contributed by atoms with Crippen LogP contribution in [0, 0.1) is 5.41 Å². The molecule has 1 aromatic rings. The van der Waals surface area contributed by atoms with Gasteiger partial charge in [0.25, 0.3) is 0 Å². The number of pyridine rings is 1. The number of rotatable bonds is 8. The van der Waals surface area contributed by atoms with Crippen LogP contribution in [0.2, 0.25) is 0 Å². The summed E-state index contributed by atoms with van der Waals surface area (Å²) < 4.78 is 5.12. The molecule has 2 rings (SSSR count). The normalized spacial score (nSPS) is 16.3. The summed E-state index contributed by atoms with van der Waals surface area (Å²) >= 11 is 0. The highest BCUT2D eigenvalue weighted by Crippen LogP contribution is 2.48. The number of carbonyl (C=O) groups is 1. The molecule has 0 aromatic carbocycles. The Balaban J connectivity index is 1.75. The number of methoxy groups -OCH3 is 1. The number of aromatic carboxylic acids is 1. The topological polar surface area (TPSA) is 71.5 Å². The van der Waals surface area contributed by atoms with Crippen LogP contribution in [0.1, 0.15) is 35.3 Å². The van der Waals surface area contributed by atoms with Crippen molar-refractivity contribution in [3.05, 3.63) is 29.6 Å². The zero-order chi connectivity index (χ0) is 13.7. The zero-order valence-electron chi connectivity index (χ0n) is 11.2. The van der Waals surface area contributed by atoms with Crippen molar-refractivity contribution in [2.45, 2.75) is 25.8 Å². The van der Waals surface area contributed by atoms with Gasteiger partial charge in [-0.3, -0.25) is 4.98 Å². The lowest BCUT2D eigenvalue weighted by atomic mass is 10.0. The number of hydrogen-bond donors (Lipinski definition) is 2. The van der Waals surface area contributed by atoms with Crippen molar-refractivity contribution in [2.75, 3.05) is 20.3 Å². The van der Waals surface area contributed by atoms with Crippen molar-refractivity contribution < 1.29 is 14.6 Å². The maximum Gasteiger partial charge on any atom is 0.337 e. The molecule has 2 N–H and O–H groups in total. The summed E-state index contributed by atoms with van der Waals surface area (Å²) in [7, 11) is 1.73. The highest BCUT2D eigenvalue weighted by atomic mass is 16.5. The van der Waals surface area contributed by atoms with Crippen LogP contribution in [-0.2, 0) is 11.3 Å². The second-order valence-corrected chi connectivity index (χ2v) is 5.19. The minimum absolute atomic E-state index is 0.225. The van der Waals surface area contributed by atoms with Gasteiger partial charge >= 0.3 is 5.97 Å². The fourth-order valence-electron chi connectivity index (χ4n) is 2.12. The van der Waals surface area contributed by atoms with Crippen LogP contribution in [0.25, 0.3) is 0 Å². The average Bonchev–Trinajstić information content (AvgIpc) is 3.17. The first kappa shape index (κ1) is 14.0. The van der Waals surface area contributed by atoms with Crippen molar-refractivity contribution >= 4 is 5.97 Å². The number of ether oxygens (including phenoxy) is 1. The summed E-state index contributed by atoms with van der Waals surface area (Å²) in [5.74, 6) is -0.941. The van der Waals surface area contributed by atoms with Gasteiger partial charge in [0, 0.05) is 33.0 Å². The van der Waals surface area contributed by atoms with E-state index in [9.17, 15) is 4.79 Å². The van der Waals surface area contributed by atoms with Crippen LogP contribution in [0.4, 0.5) is 0 Å². The van der Waals surface area contributed by atoms with Crippen molar-refractivity contribution in [3.8, 4) is 0 Å². The van der Waals surface area contributed by atoms with E-state index in [-0.39, 0.29) is 5.56 Å². The molecule has 1 heterocycles. The molecule has 1 aliphatic rings. The van der Waals surface area contributed by atoms with Crippen LogP contribution < -0.4 is 5.32 Å². The minimum Gasteiger partial charge on any atom is -0.478 e. The quantitative estimate of drug-likeness (QED) is 0.747. The molecule has 1 fully saturated rings. The van der Waals surface area contributed by atoms with E-state index in [2.05, 4.69) is 10.3 Å². The number of nitrogens with zero attached hydrogens (tertiary/aromatic N) is 1. The molecule has 5 nitrogen and oxygen atoms in total. The molecule has 0 amide bonds. The van der Waals surface area contributed by atoms with Crippen LogP contribution >= 0.6 is 0 Å². The first-order chi connectivity index (χ1) is 9.15. The van der Waals surface area contributed by atoms with Gasteiger partial charge in [0.1, 0.15) is 0 Å². The van der Waals surface area contributed by atoms with Crippen molar-refractivity contribution in [3.63, 3.8) is 0 Å². The van der Waals surface area contributed by atoms with E-state index in [1.807, 2.05) is 0 Å². The Bertz CT molecular complexity index is 427. The number of carboxylic acids is 1.